The molecule has 0 saturated heterocycles. The second-order valence-electron chi connectivity index (χ2n) is 1.13. The lowest BCUT2D eigenvalue weighted by Crippen LogP contribution is -2.31. The Morgan fingerprint density at radius 3 is 1.62 bits per heavy atom. The minimum atomic E-state index is -0.588. The zero-order valence-corrected chi connectivity index (χ0v) is 5.18. The summed E-state index contributed by atoms with van der Waals surface area (Å²) in [5.74, 6) is 9.27. The maximum Gasteiger partial charge on any atom is 0.114 e. The van der Waals surface area contributed by atoms with Gasteiger partial charge in [0.25, 0.3) is 0 Å². The van der Waals surface area contributed by atoms with E-state index in [1.54, 1.807) is 14.0 Å². The van der Waals surface area contributed by atoms with Gasteiger partial charge in [0.2, 0.25) is 0 Å². The molecule has 7 N–H and O–H groups in total. The van der Waals surface area contributed by atoms with Crippen LogP contribution in [0.5, 0.6) is 0 Å². The maximum atomic E-state index is 8.12. The normalized spacial score (nSPS) is 11.6. The van der Waals surface area contributed by atoms with E-state index < -0.39 is 6.23 Å². The van der Waals surface area contributed by atoms with Gasteiger partial charge in [0.15, 0.2) is 0 Å². The first kappa shape index (κ1) is 10.7. The molecule has 0 heterocycles. The molecular weight excluding hydrogens is 108 g/mol. The lowest BCUT2D eigenvalue weighted by molar-refractivity contribution is 0.158. The third-order valence-electron chi connectivity index (χ3n) is 0.241. The van der Waals surface area contributed by atoms with E-state index in [1.165, 1.54) is 0 Å². The van der Waals surface area contributed by atoms with Crippen LogP contribution in [0.2, 0.25) is 0 Å². The molecule has 0 aliphatic carbocycles. The highest BCUT2D eigenvalue weighted by Gasteiger charge is 1.78. The molecule has 0 aliphatic heterocycles. The first-order valence-electron chi connectivity index (χ1n) is 2.20. The van der Waals surface area contributed by atoms with Gasteiger partial charge in [-0.1, -0.05) is 0 Å². The first-order chi connectivity index (χ1) is 3.68. The number of hydrazine groups is 2. The van der Waals surface area contributed by atoms with Gasteiger partial charge in [0.05, 0.1) is 0 Å². The molecule has 52 valence electrons. The van der Waals surface area contributed by atoms with Crippen molar-refractivity contribution in [2.75, 3.05) is 7.05 Å². The molecular formula is C3H14N4O. The van der Waals surface area contributed by atoms with Crippen LogP contribution < -0.4 is 22.5 Å². The van der Waals surface area contributed by atoms with Crippen LogP contribution in [0.1, 0.15) is 6.92 Å². The molecule has 1 unspecified atom stereocenters. The van der Waals surface area contributed by atoms with E-state index in [0.717, 1.165) is 0 Å². The maximum absolute atomic E-state index is 8.12. The van der Waals surface area contributed by atoms with Crippen molar-refractivity contribution in [3.63, 3.8) is 0 Å². The van der Waals surface area contributed by atoms with Crippen molar-refractivity contribution in [1.82, 2.24) is 10.9 Å². The largest absolute Gasteiger partial charge is 0.378 e. The van der Waals surface area contributed by atoms with Gasteiger partial charge in [-0.25, -0.2) is 5.43 Å². The van der Waals surface area contributed by atoms with Gasteiger partial charge in [-0.15, -0.1) is 0 Å². The first-order valence-corrected chi connectivity index (χ1v) is 2.20. The zero-order valence-electron chi connectivity index (χ0n) is 5.18. The molecule has 0 bridgehead atoms. The van der Waals surface area contributed by atoms with Crippen molar-refractivity contribution in [3.05, 3.63) is 0 Å². The van der Waals surface area contributed by atoms with Crippen LogP contribution >= 0.6 is 0 Å². The summed E-state index contributed by atoms with van der Waals surface area (Å²) in [6, 6.07) is 0. The summed E-state index contributed by atoms with van der Waals surface area (Å²) in [7, 11) is 1.65. The molecule has 0 aromatic carbocycles. The van der Waals surface area contributed by atoms with Gasteiger partial charge < -0.3 is 5.11 Å². The van der Waals surface area contributed by atoms with Crippen LogP contribution in [0, 0.1) is 0 Å². The predicted molar refractivity (Wildman–Crippen MR) is 32.3 cm³/mol. The fourth-order valence-corrected chi connectivity index (χ4v) is 0. The van der Waals surface area contributed by atoms with Gasteiger partial charge in [-0.3, -0.25) is 17.1 Å². The quantitative estimate of drug-likeness (QED) is 0.155. The minimum absolute atomic E-state index is 0.588. The molecule has 0 aromatic rings. The number of hydrogen-bond acceptors (Lipinski definition) is 5. The monoisotopic (exact) mass is 122 g/mol. The number of hydrogen-bond donors (Lipinski definition) is 5. The van der Waals surface area contributed by atoms with E-state index >= 15 is 0 Å². The lowest BCUT2D eigenvalue weighted by atomic mass is 10.7. The Bertz CT molecular complexity index is 32.5. The molecule has 8 heavy (non-hydrogen) atoms. The van der Waals surface area contributed by atoms with Crippen molar-refractivity contribution in [1.29, 1.82) is 0 Å². The average Bonchev–Trinajstić information content (AvgIpc) is 1.69. The molecule has 0 rings (SSSR count). The topological polar surface area (TPSA) is 96.3 Å². The summed E-state index contributed by atoms with van der Waals surface area (Å²) in [6.07, 6.45) is -0.588. The lowest BCUT2D eigenvalue weighted by Gasteiger charge is -1.94. The molecule has 0 spiro atoms. The molecule has 0 amide bonds. The van der Waals surface area contributed by atoms with Gasteiger partial charge in [0.1, 0.15) is 6.23 Å². The van der Waals surface area contributed by atoms with Crippen LogP contribution in [0.25, 0.3) is 0 Å². The van der Waals surface area contributed by atoms with Crippen LogP contribution in [-0.2, 0) is 0 Å². The standard InChI is InChI=1S/C2H8N2O.CH6N2/c1-2(5)4-3;1-3-2/h2,4-5H,3H2,1H3;3H,2H2,1H3. The van der Waals surface area contributed by atoms with Crippen molar-refractivity contribution in [3.8, 4) is 0 Å². The number of nitrogens with two attached hydrogens (primary N) is 2. The van der Waals surface area contributed by atoms with Crippen molar-refractivity contribution < 1.29 is 5.11 Å². The second-order valence-corrected chi connectivity index (χ2v) is 1.13. The molecule has 0 fully saturated rings. The third-order valence-corrected chi connectivity index (χ3v) is 0.241. The fourth-order valence-electron chi connectivity index (χ4n) is 0. The SMILES string of the molecule is CC(O)NN.CNN. The van der Waals surface area contributed by atoms with E-state index in [1.807, 2.05) is 0 Å². The summed E-state index contributed by atoms with van der Waals surface area (Å²) in [6.45, 7) is 1.54. The highest BCUT2D eigenvalue weighted by molar-refractivity contribution is 4.24. The molecule has 1 atom stereocenters. The molecule has 0 saturated carbocycles. The van der Waals surface area contributed by atoms with E-state index in [9.17, 15) is 0 Å². The average molecular weight is 122 g/mol. The Morgan fingerprint density at radius 1 is 1.50 bits per heavy atom. The van der Waals surface area contributed by atoms with Gasteiger partial charge in [-0.2, -0.15) is 0 Å². The van der Waals surface area contributed by atoms with Gasteiger partial charge in [-0.05, 0) is 14.0 Å². The molecule has 5 nitrogen and oxygen atoms in total. The number of rotatable bonds is 1. The Morgan fingerprint density at radius 2 is 1.62 bits per heavy atom. The van der Waals surface area contributed by atoms with E-state index in [4.69, 9.17) is 5.11 Å². The summed E-state index contributed by atoms with van der Waals surface area (Å²) in [5.41, 5.74) is 4.33. The third kappa shape index (κ3) is 41.2. The summed E-state index contributed by atoms with van der Waals surface area (Å²) >= 11 is 0. The van der Waals surface area contributed by atoms with E-state index in [-0.39, 0.29) is 0 Å². The van der Waals surface area contributed by atoms with Crippen LogP contribution in [0.15, 0.2) is 0 Å². The predicted octanol–water partition coefficient (Wildman–Crippen LogP) is -2.13. The summed E-state index contributed by atoms with van der Waals surface area (Å²) < 4.78 is 0. The van der Waals surface area contributed by atoms with Gasteiger partial charge in [0, 0.05) is 0 Å². The highest BCUT2D eigenvalue weighted by atomic mass is 16.3. The Hall–Kier alpha value is -0.200. The van der Waals surface area contributed by atoms with Crippen molar-refractivity contribution in [2.24, 2.45) is 11.7 Å². The van der Waals surface area contributed by atoms with E-state index in [2.05, 4.69) is 22.5 Å². The molecule has 0 aliphatic rings. The minimum Gasteiger partial charge on any atom is -0.378 e. The Labute approximate surface area is 49.0 Å². The number of nitrogens with one attached hydrogen (secondary N) is 2. The smallest absolute Gasteiger partial charge is 0.114 e. The van der Waals surface area contributed by atoms with Crippen molar-refractivity contribution in [2.45, 2.75) is 13.2 Å². The molecule has 0 aromatic heterocycles. The molecule has 0 radical (unpaired) electrons. The summed E-state index contributed by atoms with van der Waals surface area (Å²) in [5, 5.41) is 8.12. The summed E-state index contributed by atoms with van der Waals surface area (Å²) in [4.78, 5) is 0. The van der Waals surface area contributed by atoms with Crippen LogP contribution in [0.4, 0.5) is 0 Å². The van der Waals surface area contributed by atoms with Gasteiger partial charge >= 0.3 is 0 Å². The number of aliphatic hydroxyl groups is 1. The number of aliphatic hydroxyl groups excluding tert-OH is 1. The van der Waals surface area contributed by atoms with Crippen LogP contribution in [-0.4, -0.2) is 18.4 Å². The van der Waals surface area contributed by atoms with E-state index in [0.29, 0.717) is 0 Å². The second kappa shape index (κ2) is 9.93. The Kier molecular flexibility index (Phi) is 13.3. The van der Waals surface area contributed by atoms with Crippen molar-refractivity contribution >= 4 is 0 Å². The van der Waals surface area contributed by atoms with Crippen LogP contribution in [0.3, 0.4) is 0 Å². The fraction of sp³-hybridized carbons (Fsp3) is 1.00. The zero-order chi connectivity index (χ0) is 6.99. The molecule has 5 heteroatoms. The Balaban J connectivity index is 0. The highest BCUT2D eigenvalue weighted by Crippen LogP contribution is 1.57.